The van der Waals surface area contributed by atoms with Gasteiger partial charge in [-0.25, -0.2) is 0 Å². The third-order valence-electron chi connectivity index (χ3n) is 4.37. The summed E-state index contributed by atoms with van der Waals surface area (Å²) in [5.41, 5.74) is 4.00. The molecule has 0 atom stereocenters. The fraction of sp³-hybridized carbons (Fsp3) is 0.0952. The number of amides is 1. The van der Waals surface area contributed by atoms with Gasteiger partial charge in [0, 0.05) is 47.3 Å². The highest BCUT2D eigenvalue weighted by Gasteiger charge is 2.08. The summed E-state index contributed by atoms with van der Waals surface area (Å²) in [5, 5.41) is 4.23. The van der Waals surface area contributed by atoms with Gasteiger partial charge in [0.25, 0.3) is 5.91 Å². The van der Waals surface area contributed by atoms with Gasteiger partial charge in [-0.3, -0.25) is 4.79 Å². The average Bonchev–Trinajstić information content (AvgIpc) is 3.32. The summed E-state index contributed by atoms with van der Waals surface area (Å²) in [6, 6.07) is 19.8. The van der Waals surface area contributed by atoms with Crippen LogP contribution in [0.25, 0.3) is 16.6 Å². The molecule has 0 fully saturated rings. The van der Waals surface area contributed by atoms with Crippen LogP contribution in [-0.4, -0.2) is 22.0 Å². The Balaban J connectivity index is 1.42. The minimum Gasteiger partial charge on any atom is -0.361 e. The highest BCUT2D eigenvalue weighted by molar-refractivity contribution is 5.94. The molecule has 0 aliphatic rings. The molecule has 4 heteroatoms. The summed E-state index contributed by atoms with van der Waals surface area (Å²) >= 11 is 0. The van der Waals surface area contributed by atoms with Gasteiger partial charge < -0.3 is 14.9 Å². The van der Waals surface area contributed by atoms with Crippen LogP contribution in [0.3, 0.4) is 0 Å². The third kappa shape index (κ3) is 3.19. The van der Waals surface area contributed by atoms with E-state index in [9.17, 15) is 4.79 Å². The van der Waals surface area contributed by atoms with Gasteiger partial charge in [-0.15, -0.1) is 0 Å². The molecule has 1 amide bonds. The van der Waals surface area contributed by atoms with Gasteiger partial charge in [0.1, 0.15) is 0 Å². The van der Waals surface area contributed by atoms with E-state index in [0.29, 0.717) is 12.1 Å². The van der Waals surface area contributed by atoms with Gasteiger partial charge in [-0.2, -0.15) is 0 Å². The molecular weight excluding hydrogens is 310 g/mol. The van der Waals surface area contributed by atoms with Crippen molar-refractivity contribution in [1.29, 1.82) is 0 Å². The van der Waals surface area contributed by atoms with Gasteiger partial charge in [-0.1, -0.05) is 24.3 Å². The van der Waals surface area contributed by atoms with Crippen molar-refractivity contribution in [1.82, 2.24) is 14.9 Å². The largest absolute Gasteiger partial charge is 0.361 e. The molecule has 4 aromatic rings. The molecule has 0 saturated heterocycles. The molecule has 0 aliphatic heterocycles. The number of hydrogen-bond donors (Lipinski definition) is 2. The second-order valence-electron chi connectivity index (χ2n) is 6.01. The van der Waals surface area contributed by atoms with E-state index in [1.807, 2.05) is 71.7 Å². The lowest BCUT2D eigenvalue weighted by atomic mass is 10.1. The lowest BCUT2D eigenvalue weighted by Crippen LogP contribution is -2.25. The number of rotatable bonds is 5. The first-order valence-corrected chi connectivity index (χ1v) is 8.38. The van der Waals surface area contributed by atoms with Crippen LogP contribution in [0.1, 0.15) is 15.9 Å². The van der Waals surface area contributed by atoms with Crippen LogP contribution in [-0.2, 0) is 6.42 Å². The molecule has 0 radical (unpaired) electrons. The Morgan fingerprint density at radius 2 is 1.84 bits per heavy atom. The minimum atomic E-state index is -0.0474. The monoisotopic (exact) mass is 329 g/mol. The van der Waals surface area contributed by atoms with E-state index < -0.39 is 0 Å². The van der Waals surface area contributed by atoms with E-state index >= 15 is 0 Å². The van der Waals surface area contributed by atoms with E-state index in [0.717, 1.165) is 17.6 Å². The zero-order valence-corrected chi connectivity index (χ0v) is 13.8. The van der Waals surface area contributed by atoms with Gasteiger partial charge in [0.2, 0.25) is 0 Å². The summed E-state index contributed by atoms with van der Waals surface area (Å²) < 4.78 is 1.99. The molecule has 0 bridgehead atoms. The first-order valence-electron chi connectivity index (χ1n) is 8.38. The van der Waals surface area contributed by atoms with Crippen molar-refractivity contribution in [3.05, 3.63) is 90.4 Å². The van der Waals surface area contributed by atoms with Crippen molar-refractivity contribution >= 4 is 16.8 Å². The second-order valence-corrected chi connectivity index (χ2v) is 6.01. The second kappa shape index (κ2) is 6.69. The lowest BCUT2D eigenvalue weighted by molar-refractivity contribution is 0.0954. The normalized spacial score (nSPS) is 10.9. The zero-order valence-electron chi connectivity index (χ0n) is 13.8. The number of aromatic nitrogens is 2. The smallest absolute Gasteiger partial charge is 0.251 e. The SMILES string of the molecule is O=C(NCCc1c[nH]c2ccccc12)c1cccc(-n2cccc2)c1. The number of nitrogens with zero attached hydrogens (tertiary/aromatic N) is 1. The minimum absolute atomic E-state index is 0.0474. The molecule has 124 valence electrons. The van der Waals surface area contributed by atoms with Gasteiger partial charge in [-0.05, 0) is 48.4 Å². The molecule has 2 aromatic heterocycles. The van der Waals surface area contributed by atoms with Crippen LogP contribution in [0.5, 0.6) is 0 Å². The first kappa shape index (κ1) is 15.3. The quantitative estimate of drug-likeness (QED) is 0.573. The highest BCUT2D eigenvalue weighted by atomic mass is 16.1. The van der Waals surface area contributed by atoms with Gasteiger partial charge in [0.05, 0.1) is 0 Å². The zero-order chi connectivity index (χ0) is 17.1. The number of para-hydroxylation sites is 1. The van der Waals surface area contributed by atoms with Crippen LogP contribution in [0.2, 0.25) is 0 Å². The fourth-order valence-corrected chi connectivity index (χ4v) is 3.07. The Hall–Kier alpha value is -3.27. The van der Waals surface area contributed by atoms with E-state index in [2.05, 4.69) is 22.4 Å². The molecular formula is C21H19N3O. The van der Waals surface area contributed by atoms with Crippen molar-refractivity contribution in [2.75, 3.05) is 6.54 Å². The molecule has 4 rings (SSSR count). The Labute approximate surface area is 146 Å². The number of fused-ring (bicyclic) bond motifs is 1. The molecule has 2 N–H and O–H groups in total. The Morgan fingerprint density at radius 1 is 1.00 bits per heavy atom. The third-order valence-corrected chi connectivity index (χ3v) is 4.37. The molecule has 25 heavy (non-hydrogen) atoms. The van der Waals surface area contributed by atoms with Gasteiger partial charge in [0.15, 0.2) is 0 Å². The standard InChI is InChI=1S/C21H19N3O/c25-21(16-6-5-7-18(14-16)24-12-3-4-13-24)22-11-10-17-15-23-20-9-2-1-8-19(17)20/h1-9,12-15,23H,10-11H2,(H,22,25). The predicted octanol–water partition coefficient (Wildman–Crippen LogP) is 3.93. The van der Waals surface area contributed by atoms with E-state index in [1.54, 1.807) is 0 Å². The maximum atomic E-state index is 12.4. The van der Waals surface area contributed by atoms with E-state index in [1.165, 1.54) is 10.9 Å². The molecule has 4 nitrogen and oxygen atoms in total. The summed E-state index contributed by atoms with van der Waals surface area (Å²) in [5.74, 6) is -0.0474. The molecule has 2 aromatic carbocycles. The van der Waals surface area contributed by atoms with E-state index in [4.69, 9.17) is 0 Å². The average molecular weight is 329 g/mol. The molecule has 0 spiro atoms. The maximum Gasteiger partial charge on any atom is 0.251 e. The van der Waals surface area contributed by atoms with Crippen LogP contribution in [0, 0.1) is 0 Å². The number of hydrogen-bond acceptors (Lipinski definition) is 1. The summed E-state index contributed by atoms with van der Waals surface area (Å²) in [4.78, 5) is 15.7. The number of carbonyl (C=O) groups is 1. The molecule has 2 heterocycles. The fourth-order valence-electron chi connectivity index (χ4n) is 3.07. The Morgan fingerprint density at radius 3 is 2.72 bits per heavy atom. The van der Waals surface area contributed by atoms with Crippen LogP contribution >= 0.6 is 0 Å². The van der Waals surface area contributed by atoms with Crippen molar-refractivity contribution < 1.29 is 4.79 Å². The molecule has 0 saturated carbocycles. The number of nitrogens with one attached hydrogen (secondary N) is 2. The van der Waals surface area contributed by atoms with E-state index in [-0.39, 0.29) is 5.91 Å². The number of carbonyl (C=O) groups excluding carboxylic acids is 1. The van der Waals surface area contributed by atoms with Crippen LogP contribution in [0.15, 0.2) is 79.3 Å². The van der Waals surface area contributed by atoms with Crippen molar-refractivity contribution in [3.8, 4) is 5.69 Å². The van der Waals surface area contributed by atoms with Crippen molar-refractivity contribution in [2.24, 2.45) is 0 Å². The molecule has 0 unspecified atom stereocenters. The summed E-state index contributed by atoms with van der Waals surface area (Å²) in [7, 11) is 0. The van der Waals surface area contributed by atoms with Crippen LogP contribution < -0.4 is 5.32 Å². The number of benzene rings is 2. The highest BCUT2D eigenvalue weighted by Crippen LogP contribution is 2.17. The topological polar surface area (TPSA) is 49.8 Å². The summed E-state index contributed by atoms with van der Waals surface area (Å²) in [6.07, 6.45) is 6.75. The van der Waals surface area contributed by atoms with Crippen molar-refractivity contribution in [2.45, 2.75) is 6.42 Å². The summed E-state index contributed by atoms with van der Waals surface area (Å²) in [6.45, 7) is 0.606. The number of aromatic amines is 1. The first-order chi connectivity index (χ1) is 12.3. The maximum absolute atomic E-state index is 12.4. The number of H-pyrrole nitrogens is 1. The van der Waals surface area contributed by atoms with Crippen molar-refractivity contribution in [3.63, 3.8) is 0 Å². The Kier molecular flexibility index (Phi) is 4.09. The lowest BCUT2D eigenvalue weighted by Gasteiger charge is -2.08. The van der Waals surface area contributed by atoms with Crippen LogP contribution in [0.4, 0.5) is 0 Å². The van der Waals surface area contributed by atoms with Gasteiger partial charge >= 0.3 is 0 Å². The predicted molar refractivity (Wildman–Crippen MR) is 100 cm³/mol. The Bertz CT molecular complexity index is 999. The molecule has 0 aliphatic carbocycles.